The Morgan fingerprint density at radius 3 is 2.19 bits per heavy atom. The lowest BCUT2D eigenvalue weighted by molar-refractivity contribution is 0.0846. The minimum absolute atomic E-state index is 0.0380. The number of hydrogen-bond donors (Lipinski definition) is 2. The Kier molecular flexibility index (Phi) is 5.28. The standard InChI is InChI=1S/C20H17ClFN3O2/c1-12-10-17(13(2)25(12)15-6-4-3-5-7-15)20(27)24-23-19(26)16-9-8-14(22)11-18(16)21/h3-11H,1-2H3,(H,23,26)(H,24,27). The number of nitrogens with one attached hydrogen (secondary N) is 2. The van der Waals surface area contributed by atoms with E-state index in [2.05, 4.69) is 10.9 Å². The minimum atomic E-state index is -0.634. The molecule has 1 aromatic heterocycles. The summed E-state index contributed by atoms with van der Waals surface area (Å²) in [6, 6.07) is 14.8. The van der Waals surface area contributed by atoms with Crippen LogP contribution < -0.4 is 10.9 Å². The Bertz CT molecular complexity index is 1020. The predicted octanol–water partition coefficient (Wildman–Crippen LogP) is 3.96. The van der Waals surface area contributed by atoms with Crippen molar-refractivity contribution in [1.29, 1.82) is 0 Å². The molecule has 0 aliphatic heterocycles. The molecule has 5 nitrogen and oxygen atoms in total. The van der Waals surface area contributed by atoms with Crippen LogP contribution in [0.25, 0.3) is 5.69 Å². The summed E-state index contributed by atoms with van der Waals surface area (Å²) in [5, 5.41) is -0.0380. The fraction of sp³-hybridized carbons (Fsp3) is 0.100. The molecule has 138 valence electrons. The summed E-state index contributed by atoms with van der Waals surface area (Å²) in [5.41, 5.74) is 7.73. The van der Waals surface area contributed by atoms with Crippen LogP contribution in [-0.2, 0) is 0 Å². The number of aromatic nitrogens is 1. The van der Waals surface area contributed by atoms with Gasteiger partial charge in [-0.1, -0.05) is 29.8 Å². The van der Waals surface area contributed by atoms with E-state index in [4.69, 9.17) is 11.6 Å². The van der Waals surface area contributed by atoms with Crippen LogP contribution >= 0.6 is 11.6 Å². The van der Waals surface area contributed by atoms with E-state index < -0.39 is 17.6 Å². The summed E-state index contributed by atoms with van der Waals surface area (Å²) >= 11 is 5.86. The van der Waals surface area contributed by atoms with Crippen LogP contribution in [-0.4, -0.2) is 16.4 Å². The molecule has 0 spiro atoms. The molecule has 2 N–H and O–H groups in total. The normalized spacial score (nSPS) is 10.5. The molecule has 1 heterocycles. The second kappa shape index (κ2) is 7.63. The average Bonchev–Trinajstić information content (AvgIpc) is 2.94. The molecule has 0 fully saturated rings. The van der Waals surface area contributed by atoms with Gasteiger partial charge in [0.15, 0.2) is 0 Å². The van der Waals surface area contributed by atoms with E-state index in [1.165, 1.54) is 6.07 Å². The first-order valence-electron chi connectivity index (χ1n) is 8.18. The number of hydrazine groups is 1. The van der Waals surface area contributed by atoms with Crippen LogP contribution in [0, 0.1) is 19.7 Å². The van der Waals surface area contributed by atoms with Gasteiger partial charge in [0.1, 0.15) is 5.82 Å². The maximum Gasteiger partial charge on any atom is 0.271 e. The van der Waals surface area contributed by atoms with Crippen molar-refractivity contribution in [3.05, 3.63) is 88.0 Å². The van der Waals surface area contributed by atoms with E-state index in [1.807, 2.05) is 48.7 Å². The second-order valence-electron chi connectivity index (χ2n) is 5.99. The molecule has 0 saturated heterocycles. The topological polar surface area (TPSA) is 63.1 Å². The van der Waals surface area contributed by atoms with Gasteiger partial charge in [-0.05, 0) is 50.2 Å². The molecule has 0 aliphatic carbocycles. The summed E-state index contributed by atoms with van der Waals surface area (Å²) in [4.78, 5) is 24.7. The van der Waals surface area contributed by atoms with Gasteiger partial charge in [-0.3, -0.25) is 20.4 Å². The zero-order valence-electron chi connectivity index (χ0n) is 14.7. The highest BCUT2D eigenvalue weighted by atomic mass is 35.5. The van der Waals surface area contributed by atoms with Gasteiger partial charge in [-0.15, -0.1) is 0 Å². The van der Waals surface area contributed by atoms with E-state index in [0.29, 0.717) is 5.56 Å². The van der Waals surface area contributed by atoms with Crippen molar-refractivity contribution in [2.75, 3.05) is 0 Å². The summed E-state index contributed by atoms with van der Waals surface area (Å²) in [6.45, 7) is 3.72. The predicted molar refractivity (Wildman–Crippen MR) is 102 cm³/mol. The third-order valence-corrected chi connectivity index (χ3v) is 4.47. The van der Waals surface area contributed by atoms with Crippen molar-refractivity contribution < 1.29 is 14.0 Å². The average molecular weight is 386 g/mol. The molecule has 0 saturated carbocycles. The second-order valence-corrected chi connectivity index (χ2v) is 6.40. The number of rotatable bonds is 3. The zero-order valence-corrected chi connectivity index (χ0v) is 15.5. The van der Waals surface area contributed by atoms with Crippen LogP contribution in [0.1, 0.15) is 32.1 Å². The van der Waals surface area contributed by atoms with Crippen LogP contribution in [0.4, 0.5) is 4.39 Å². The number of carbonyl (C=O) groups excluding carboxylic acids is 2. The fourth-order valence-electron chi connectivity index (χ4n) is 2.89. The largest absolute Gasteiger partial charge is 0.318 e. The molecule has 0 atom stereocenters. The van der Waals surface area contributed by atoms with Gasteiger partial charge in [0.05, 0.1) is 16.1 Å². The number of hydrogen-bond acceptors (Lipinski definition) is 2. The van der Waals surface area contributed by atoms with Gasteiger partial charge < -0.3 is 4.57 Å². The smallest absolute Gasteiger partial charge is 0.271 e. The number of aryl methyl sites for hydroxylation is 1. The Morgan fingerprint density at radius 1 is 0.926 bits per heavy atom. The van der Waals surface area contributed by atoms with Crippen molar-refractivity contribution in [2.24, 2.45) is 0 Å². The number of amides is 2. The molecule has 3 aromatic rings. The molecular formula is C20H17ClFN3O2. The Morgan fingerprint density at radius 2 is 1.56 bits per heavy atom. The SMILES string of the molecule is Cc1cc(C(=O)NNC(=O)c2ccc(F)cc2Cl)c(C)n1-c1ccccc1. The molecule has 3 rings (SSSR count). The third-order valence-electron chi connectivity index (χ3n) is 4.16. The number of halogens is 2. The van der Waals surface area contributed by atoms with Gasteiger partial charge >= 0.3 is 0 Å². The number of para-hydroxylation sites is 1. The fourth-order valence-corrected chi connectivity index (χ4v) is 3.14. The first-order valence-corrected chi connectivity index (χ1v) is 8.56. The Hall–Kier alpha value is -3.12. The minimum Gasteiger partial charge on any atom is -0.318 e. The maximum absolute atomic E-state index is 13.1. The van der Waals surface area contributed by atoms with Gasteiger partial charge in [-0.25, -0.2) is 4.39 Å². The molecular weight excluding hydrogens is 369 g/mol. The highest BCUT2D eigenvalue weighted by Gasteiger charge is 2.18. The molecule has 0 bridgehead atoms. The molecule has 7 heteroatoms. The third kappa shape index (κ3) is 3.85. The zero-order chi connectivity index (χ0) is 19.6. The lowest BCUT2D eigenvalue weighted by Gasteiger charge is -2.11. The highest BCUT2D eigenvalue weighted by Crippen LogP contribution is 2.21. The highest BCUT2D eigenvalue weighted by molar-refractivity contribution is 6.33. The van der Waals surface area contributed by atoms with Crippen molar-refractivity contribution in [2.45, 2.75) is 13.8 Å². The Labute approximate surface area is 160 Å². The van der Waals surface area contributed by atoms with Crippen molar-refractivity contribution in [3.8, 4) is 5.69 Å². The van der Waals surface area contributed by atoms with Crippen LogP contribution in [0.3, 0.4) is 0 Å². The summed E-state index contributed by atoms with van der Waals surface area (Å²) in [7, 11) is 0. The summed E-state index contributed by atoms with van der Waals surface area (Å²) in [6.07, 6.45) is 0. The Balaban J connectivity index is 1.76. The molecule has 27 heavy (non-hydrogen) atoms. The van der Waals surface area contributed by atoms with Gasteiger partial charge in [0.2, 0.25) is 0 Å². The van der Waals surface area contributed by atoms with Gasteiger partial charge in [0.25, 0.3) is 11.8 Å². The molecule has 2 aromatic carbocycles. The summed E-state index contributed by atoms with van der Waals surface area (Å²) < 4.78 is 15.0. The number of carbonyl (C=O) groups is 2. The summed E-state index contributed by atoms with van der Waals surface area (Å²) in [5.74, 6) is -1.64. The lowest BCUT2D eigenvalue weighted by Crippen LogP contribution is -2.41. The molecule has 2 amide bonds. The number of nitrogens with zero attached hydrogens (tertiary/aromatic N) is 1. The van der Waals surface area contributed by atoms with Gasteiger partial charge in [-0.2, -0.15) is 0 Å². The molecule has 0 aliphatic rings. The van der Waals surface area contributed by atoms with Crippen LogP contribution in [0.2, 0.25) is 5.02 Å². The lowest BCUT2D eigenvalue weighted by atomic mass is 10.2. The van der Waals surface area contributed by atoms with E-state index in [0.717, 1.165) is 29.2 Å². The van der Waals surface area contributed by atoms with Crippen LogP contribution in [0.15, 0.2) is 54.6 Å². The van der Waals surface area contributed by atoms with Crippen molar-refractivity contribution >= 4 is 23.4 Å². The first kappa shape index (κ1) is 18.7. The van der Waals surface area contributed by atoms with Crippen molar-refractivity contribution in [3.63, 3.8) is 0 Å². The van der Waals surface area contributed by atoms with E-state index >= 15 is 0 Å². The van der Waals surface area contributed by atoms with Gasteiger partial charge in [0, 0.05) is 17.1 Å². The monoisotopic (exact) mass is 385 g/mol. The first-order chi connectivity index (χ1) is 12.9. The molecule has 0 radical (unpaired) electrons. The van der Waals surface area contributed by atoms with Crippen molar-refractivity contribution in [1.82, 2.24) is 15.4 Å². The molecule has 0 unspecified atom stereocenters. The quantitative estimate of drug-likeness (QED) is 0.670. The van der Waals surface area contributed by atoms with E-state index in [9.17, 15) is 14.0 Å². The maximum atomic E-state index is 13.1. The van der Waals surface area contributed by atoms with E-state index in [-0.39, 0.29) is 10.6 Å². The van der Waals surface area contributed by atoms with Crippen LogP contribution in [0.5, 0.6) is 0 Å². The van der Waals surface area contributed by atoms with E-state index in [1.54, 1.807) is 6.07 Å². The number of benzene rings is 2.